The van der Waals surface area contributed by atoms with Gasteiger partial charge in [0.25, 0.3) is 5.91 Å². The number of anilines is 1. The highest BCUT2D eigenvalue weighted by Crippen LogP contribution is 2.24. The van der Waals surface area contributed by atoms with Crippen LogP contribution in [-0.2, 0) is 6.54 Å². The van der Waals surface area contributed by atoms with Gasteiger partial charge in [0.1, 0.15) is 5.52 Å². The minimum absolute atomic E-state index is 0.278. The van der Waals surface area contributed by atoms with E-state index in [2.05, 4.69) is 4.98 Å². The number of imidazole rings is 1. The maximum Gasteiger partial charge on any atom is 0.326 e. The standard InChI is InChI=1S/C15H14BN4O2/c17-13-11(15(18)21)5-6-12-14(13)19-8-20(12)7-9-1-3-10(16-22)4-2-9/h1-6,8,22H,7,17H2,(H2,18,21). The lowest BCUT2D eigenvalue weighted by Gasteiger charge is -2.07. The van der Waals surface area contributed by atoms with Crippen molar-refractivity contribution in [2.45, 2.75) is 6.54 Å². The molecule has 2 aromatic carbocycles. The Kier molecular flexibility index (Phi) is 3.56. The van der Waals surface area contributed by atoms with Gasteiger partial charge >= 0.3 is 7.48 Å². The lowest BCUT2D eigenvalue weighted by Crippen LogP contribution is -2.14. The summed E-state index contributed by atoms with van der Waals surface area (Å²) in [4.78, 5) is 15.6. The minimum atomic E-state index is -0.565. The zero-order chi connectivity index (χ0) is 15.7. The van der Waals surface area contributed by atoms with E-state index in [0.717, 1.165) is 24.0 Å². The Labute approximate surface area is 127 Å². The number of benzene rings is 2. The van der Waals surface area contributed by atoms with Crippen molar-refractivity contribution in [2.24, 2.45) is 5.73 Å². The fraction of sp³-hybridized carbons (Fsp3) is 0.0667. The smallest absolute Gasteiger partial charge is 0.326 e. The summed E-state index contributed by atoms with van der Waals surface area (Å²) >= 11 is 0. The molecule has 6 nitrogen and oxygen atoms in total. The molecule has 5 N–H and O–H groups in total. The van der Waals surface area contributed by atoms with Crippen molar-refractivity contribution in [3.8, 4) is 0 Å². The molecule has 0 unspecified atom stereocenters. The van der Waals surface area contributed by atoms with E-state index in [-0.39, 0.29) is 5.56 Å². The number of hydrogen-bond acceptors (Lipinski definition) is 4. The van der Waals surface area contributed by atoms with Crippen LogP contribution < -0.4 is 16.9 Å². The number of hydrogen-bond donors (Lipinski definition) is 3. The number of primary amides is 1. The lowest BCUT2D eigenvalue weighted by atomic mass is 9.88. The molecule has 3 rings (SSSR count). The number of fused-ring (bicyclic) bond motifs is 1. The van der Waals surface area contributed by atoms with Gasteiger partial charge in [-0.1, -0.05) is 29.7 Å². The van der Waals surface area contributed by atoms with Gasteiger partial charge in [0.2, 0.25) is 0 Å². The van der Waals surface area contributed by atoms with Gasteiger partial charge in [-0.05, 0) is 17.7 Å². The highest BCUT2D eigenvalue weighted by molar-refractivity contribution is 6.45. The van der Waals surface area contributed by atoms with Crippen molar-refractivity contribution in [3.63, 3.8) is 0 Å². The molecule has 0 aliphatic carbocycles. The van der Waals surface area contributed by atoms with Crippen molar-refractivity contribution in [2.75, 3.05) is 5.73 Å². The number of rotatable bonds is 4. The molecule has 1 heterocycles. The van der Waals surface area contributed by atoms with E-state index in [1.807, 2.05) is 28.8 Å². The molecule has 109 valence electrons. The summed E-state index contributed by atoms with van der Waals surface area (Å²) in [5, 5.41) is 8.94. The Balaban J connectivity index is 1.97. The maximum atomic E-state index is 11.3. The van der Waals surface area contributed by atoms with Crippen molar-refractivity contribution in [3.05, 3.63) is 53.9 Å². The molecule has 1 amide bonds. The van der Waals surface area contributed by atoms with Gasteiger partial charge in [-0.25, -0.2) is 4.98 Å². The summed E-state index contributed by atoms with van der Waals surface area (Å²) in [5.41, 5.74) is 15.0. The molecule has 22 heavy (non-hydrogen) atoms. The van der Waals surface area contributed by atoms with Crippen molar-refractivity contribution >= 4 is 35.6 Å². The second-order valence-corrected chi connectivity index (χ2v) is 5.00. The van der Waals surface area contributed by atoms with E-state index < -0.39 is 5.91 Å². The zero-order valence-electron chi connectivity index (χ0n) is 11.7. The average Bonchev–Trinajstić information content (AvgIpc) is 2.92. The summed E-state index contributed by atoms with van der Waals surface area (Å²) in [5.74, 6) is -0.565. The molecule has 1 aromatic heterocycles. The van der Waals surface area contributed by atoms with Crippen LogP contribution in [0, 0.1) is 0 Å². The molecule has 3 aromatic rings. The normalized spacial score (nSPS) is 10.8. The van der Waals surface area contributed by atoms with Gasteiger partial charge in [-0.15, -0.1) is 0 Å². The highest BCUT2D eigenvalue weighted by Gasteiger charge is 2.13. The molecule has 0 atom stereocenters. The van der Waals surface area contributed by atoms with Gasteiger partial charge in [-0.2, -0.15) is 0 Å². The first kappa shape index (κ1) is 14.2. The minimum Gasteiger partial charge on any atom is -0.450 e. The molecule has 0 aliphatic rings. The Morgan fingerprint density at radius 3 is 2.59 bits per heavy atom. The first-order valence-corrected chi connectivity index (χ1v) is 6.69. The second-order valence-electron chi connectivity index (χ2n) is 5.00. The number of carbonyl (C=O) groups is 1. The third-order valence-electron chi connectivity index (χ3n) is 3.58. The Morgan fingerprint density at radius 1 is 1.23 bits per heavy atom. The quantitative estimate of drug-likeness (QED) is 0.465. The van der Waals surface area contributed by atoms with E-state index in [9.17, 15) is 4.79 Å². The molecule has 0 saturated carbocycles. The van der Waals surface area contributed by atoms with E-state index in [0.29, 0.717) is 17.7 Å². The highest BCUT2D eigenvalue weighted by atomic mass is 16.2. The topological polar surface area (TPSA) is 107 Å². The first-order chi connectivity index (χ1) is 10.6. The van der Waals surface area contributed by atoms with Crippen LogP contribution in [0.4, 0.5) is 5.69 Å². The summed E-state index contributed by atoms with van der Waals surface area (Å²) in [6.07, 6.45) is 1.68. The summed E-state index contributed by atoms with van der Waals surface area (Å²) in [7, 11) is 1.06. The fourth-order valence-electron chi connectivity index (χ4n) is 2.40. The lowest BCUT2D eigenvalue weighted by molar-refractivity contribution is 0.100. The van der Waals surface area contributed by atoms with Crippen LogP contribution in [0.2, 0.25) is 0 Å². The Hall–Kier alpha value is -2.80. The third kappa shape index (κ3) is 2.42. The van der Waals surface area contributed by atoms with Gasteiger partial charge in [0.05, 0.1) is 23.1 Å². The fourth-order valence-corrected chi connectivity index (χ4v) is 2.40. The third-order valence-corrected chi connectivity index (χ3v) is 3.58. The van der Waals surface area contributed by atoms with Crippen LogP contribution in [0.5, 0.6) is 0 Å². The molecule has 1 radical (unpaired) electrons. The van der Waals surface area contributed by atoms with Gasteiger partial charge < -0.3 is 21.1 Å². The summed E-state index contributed by atoms with van der Waals surface area (Å²) in [6.45, 7) is 0.609. The Morgan fingerprint density at radius 2 is 1.95 bits per heavy atom. The van der Waals surface area contributed by atoms with Gasteiger partial charge in [0, 0.05) is 6.54 Å². The molecule has 0 spiro atoms. The summed E-state index contributed by atoms with van der Waals surface area (Å²) in [6, 6.07) is 10.9. The number of amides is 1. The SMILES string of the molecule is NC(=O)c1ccc2c(ncn2Cc2ccc([B]O)cc2)c1N. The zero-order valence-corrected chi connectivity index (χ0v) is 11.7. The monoisotopic (exact) mass is 293 g/mol. The molecule has 0 bridgehead atoms. The molecule has 7 heteroatoms. The van der Waals surface area contributed by atoms with Crippen LogP contribution in [0.25, 0.3) is 11.0 Å². The number of carbonyl (C=O) groups excluding carboxylic acids is 1. The van der Waals surface area contributed by atoms with Crippen LogP contribution in [0.3, 0.4) is 0 Å². The van der Waals surface area contributed by atoms with Gasteiger partial charge in [0.15, 0.2) is 0 Å². The van der Waals surface area contributed by atoms with Crippen molar-refractivity contribution in [1.82, 2.24) is 9.55 Å². The number of nitrogens with zero attached hydrogens (tertiary/aromatic N) is 2. The van der Waals surface area contributed by atoms with E-state index in [1.54, 1.807) is 18.5 Å². The second kappa shape index (κ2) is 5.53. The van der Waals surface area contributed by atoms with Crippen LogP contribution in [-0.4, -0.2) is 28.0 Å². The average molecular weight is 293 g/mol. The molecular formula is C15H14BN4O2. The molecular weight excluding hydrogens is 279 g/mol. The number of nitrogens with two attached hydrogens (primary N) is 2. The van der Waals surface area contributed by atoms with E-state index >= 15 is 0 Å². The van der Waals surface area contributed by atoms with Crippen LogP contribution in [0.15, 0.2) is 42.7 Å². The predicted octanol–water partition coefficient (Wildman–Crippen LogP) is 0.00250. The number of aromatic nitrogens is 2. The summed E-state index contributed by atoms with van der Waals surface area (Å²) < 4.78 is 1.94. The largest absolute Gasteiger partial charge is 0.450 e. The van der Waals surface area contributed by atoms with Crippen molar-refractivity contribution in [1.29, 1.82) is 0 Å². The Bertz CT molecular complexity index is 843. The van der Waals surface area contributed by atoms with Crippen LogP contribution >= 0.6 is 0 Å². The van der Waals surface area contributed by atoms with Crippen LogP contribution in [0.1, 0.15) is 15.9 Å². The predicted molar refractivity (Wildman–Crippen MR) is 85.8 cm³/mol. The van der Waals surface area contributed by atoms with E-state index in [1.165, 1.54) is 0 Å². The molecule has 0 aliphatic heterocycles. The van der Waals surface area contributed by atoms with Gasteiger partial charge in [-0.3, -0.25) is 4.79 Å². The van der Waals surface area contributed by atoms with Crippen molar-refractivity contribution < 1.29 is 9.82 Å². The first-order valence-electron chi connectivity index (χ1n) is 6.69. The maximum absolute atomic E-state index is 11.3. The van der Waals surface area contributed by atoms with E-state index in [4.69, 9.17) is 16.5 Å². The molecule has 0 saturated heterocycles. The molecule has 0 fully saturated rings. The number of nitrogen functional groups attached to an aromatic ring is 1.